The first-order chi connectivity index (χ1) is 14.4. The van der Waals surface area contributed by atoms with Gasteiger partial charge in [0.1, 0.15) is 0 Å². The van der Waals surface area contributed by atoms with E-state index in [0.29, 0.717) is 11.8 Å². The zero-order valence-electron chi connectivity index (χ0n) is 18.4. The van der Waals surface area contributed by atoms with Crippen molar-refractivity contribution in [2.45, 2.75) is 33.7 Å². The largest absolute Gasteiger partial charge is 0.381 e. The van der Waals surface area contributed by atoms with Gasteiger partial charge in [0.25, 0.3) is 0 Å². The van der Waals surface area contributed by atoms with Crippen molar-refractivity contribution in [2.24, 2.45) is 11.8 Å². The molecule has 0 saturated carbocycles. The average molecular weight is 407 g/mol. The van der Waals surface area contributed by atoms with E-state index < -0.39 is 0 Å². The third-order valence-electron chi connectivity index (χ3n) is 6.11. The number of anilines is 2. The van der Waals surface area contributed by atoms with E-state index in [1.165, 1.54) is 0 Å². The van der Waals surface area contributed by atoms with E-state index in [0.717, 1.165) is 59.1 Å². The van der Waals surface area contributed by atoms with Gasteiger partial charge in [0, 0.05) is 43.4 Å². The Labute approximate surface area is 177 Å². The highest BCUT2D eigenvalue weighted by molar-refractivity contribution is 5.92. The quantitative estimate of drug-likeness (QED) is 0.665. The van der Waals surface area contributed by atoms with Gasteiger partial charge < -0.3 is 15.0 Å². The van der Waals surface area contributed by atoms with E-state index in [2.05, 4.69) is 58.4 Å². The van der Waals surface area contributed by atoms with Crippen molar-refractivity contribution in [3.8, 4) is 0 Å². The van der Waals surface area contributed by atoms with Gasteiger partial charge >= 0.3 is 0 Å². The molecule has 1 N–H and O–H groups in total. The Bertz CT molecular complexity index is 1040. The van der Waals surface area contributed by atoms with Crippen LogP contribution in [0.5, 0.6) is 0 Å². The molecule has 0 aliphatic carbocycles. The summed E-state index contributed by atoms with van der Waals surface area (Å²) in [7, 11) is 2.12. The molecule has 4 rings (SSSR count). The van der Waals surface area contributed by atoms with Crippen LogP contribution >= 0.6 is 0 Å². The van der Waals surface area contributed by atoms with Gasteiger partial charge in [-0.3, -0.25) is 9.97 Å². The van der Waals surface area contributed by atoms with Crippen LogP contribution in [0.25, 0.3) is 10.9 Å². The molecule has 30 heavy (non-hydrogen) atoms. The lowest BCUT2D eigenvalue weighted by molar-refractivity contribution is 0.182. The van der Waals surface area contributed by atoms with Crippen molar-refractivity contribution in [1.29, 1.82) is 0 Å². The number of pyridine rings is 2. The summed E-state index contributed by atoms with van der Waals surface area (Å²) in [6, 6.07) is 6.26. The van der Waals surface area contributed by atoms with E-state index in [-0.39, 0.29) is 6.04 Å². The summed E-state index contributed by atoms with van der Waals surface area (Å²) in [5.74, 6) is 1.86. The second-order valence-electron chi connectivity index (χ2n) is 8.42. The first-order valence-corrected chi connectivity index (χ1v) is 10.5. The van der Waals surface area contributed by atoms with Gasteiger partial charge in [-0.15, -0.1) is 5.10 Å². The minimum atomic E-state index is 0.0526. The van der Waals surface area contributed by atoms with Crippen molar-refractivity contribution in [1.82, 2.24) is 20.2 Å². The van der Waals surface area contributed by atoms with Crippen LogP contribution in [0.3, 0.4) is 0 Å². The van der Waals surface area contributed by atoms with Crippen molar-refractivity contribution in [3.63, 3.8) is 0 Å². The lowest BCUT2D eigenvalue weighted by atomic mass is 9.97. The number of rotatable bonds is 6. The Hall–Kier alpha value is -2.80. The minimum Gasteiger partial charge on any atom is -0.381 e. The van der Waals surface area contributed by atoms with Crippen LogP contribution in [0.15, 0.2) is 30.6 Å². The van der Waals surface area contributed by atoms with Gasteiger partial charge in [-0.1, -0.05) is 13.0 Å². The Morgan fingerprint density at radius 1 is 1.20 bits per heavy atom. The molecule has 7 nitrogen and oxygen atoms in total. The van der Waals surface area contributed by atoms with E-state index >= 15 is 0 Å². The number of ether oxygens (including phenoxy) is 1. The van der Waals surface area contributed by atoms with E-state index in [1.54, 1.807) is 0 Å². The van der Waals surface area contributed by atoms with Gasteiger partial charge in [-0.25, -0.2) is 0 Å². The smallest absolute Gasteiger partial charge is 0.158 e. The van der Waals surface area contributed by atoms with Crippen LogP contribution in [0.1, 0.15) is 36.8 Å². The van der Waals surface area contributed by atoms with Gasteiger partial charge in [0.2, 0.25) is 0 Å². The SMILES string of the molecule is Cc1ncccc1[C@@H](C)Nc1nnc(C)c2ncc(N(C)C[C@@H]3COC[C@@H]3C)cc12. The maximum absolute atomic E-state index is 5.63. The Balaban J connectivity index is 1.64. The lowest BCUT2D eigenvalue weighted by Crippen LogP contribution is -2.28. The van der Waals surface area contributed by atoms with Gasteiger partial charge in [0.15, 0.2) is 5.82 Å². The molecule has 0 radical (unpaired) electrons. The van der Waals surface area contributed by atoms with Crippen molar-refractivity contribution in [3.05, 3.63) is 47.5 Å². The summed E-state index contributed by atoms with van der Waals surface area (Å²) < 4.78 is 5.63. The van der Waals surface area contributed by atoms with Gasteiger partial charge in [0.05, 0.1) is 35.7 Å². The predicted molar refractivity (Wildman–Crippen MR) is 120 cm³/mol. The third kappa shape index (κ3) is 4.07. The second kappa shape index (κ2) is 8.52. The van der Waals surface area contributed by atoms with Crippen LogP contribution in [-0.2, 0) is 4.74 Å². The number of nitrogens with one attached hydrogen (secondary N) is 1. The van der Waals surface area contributed by atoms with Gasteiger partial charge in [-0.2, -0.15) is 5.10 Å². The van der Waals surface area contributed by atoms with E-state index in [1.807, 2.05) is 32.3 Å². The highest BCUT2D eigenvalue weighted by Crippen LogP contribution is 2.30. The van der Waals surface area contributed by atoms with Crippen LogP contribution in [0.2, 0.25) is 0 Å². The average Bonchev–Trinajstić information content (AvgIpc) is 3.14. The minimum absolute atomic E-state index is 0.0526. The summed E-state index contributed by atoms with van der Waals surface area (Å²) >= 11 is 0. The standard InChI is InChI=1S/C23H30N6O/c1-14-12-30-13-18(14)11-29(5)19-9-21-22(25-10-19)17(4)27-28-23(21)26-16(3)20-7-6-8-24-15(20)2/h6-10,14,16,18H,11-13H2,1-5H3,(H,26,28)/t14-,16+,18+/m0/s1. The highest BCUT2D eigenvalue weighted by atomic mass is 16.5. The summed E-state index contributed by atoms with van der Waals surface area (Å²) in [6.07, 6.45) is 3.74. The van der Waals surface area contributed by atoms with E-state index in [4.69, 9.17) is 9.72 Å². The molecule has 1 aliphatic rings. The van der Waals surface area contributed by atoms with Crippen LogP contribution < -0.4 is 10.2 Å². The fraction of sp³-hybridized carbons (Fsp3) is 0.478. The number of hydrogen-bond acceptors (Lipinski definition) is 7. The monoisotopic (exact) mass is 406 g/mol. The molecule has 0 spiro atoms. The summed E-state index contributed by atoms with van der Waals surface area (Å²) in [6.45, 7) is 11.0. The third-order valence-corrected chi connectivity index (χ3v) is 6.11. The Kier molecular flexibility index (Phi) is 5.81. The molecule has 3 atom stereocenters. The topological polar surface area (TPSA) is 76.1 Å². The van der Waals surface area contributed by atoms with Crippen molar-refractivity contribution < 1.29 is 4.74 Å². The first kappa shape index (κ1) is 20.5. The second-order valence-corrected chi connectivity index (χ2v) is 8.42. The molecule has 0 bridgehead atoms. The number of aryl methyl sites for hydroxylation is 2. The molecule has 3 aromatic heterocycles. The van der Waals surface area contributed by atoms with Crippen LogP contribution in [0.4, 0.5) is 11.5 Å². The summed E-state index contributed by atoms with van der Waals surface area (Å²) in [4.78, 5) is 11.4. The fourth-order valence-corrected chi connectivity index (χ4v) is 4.10. The number of nitrogens with zero attached hydrogens (tertiary/aromatic N) is 5. The van der Waals surface area contributed by atoms with Crippen molar-refractivity contribution >= 4 is 22.4 Å². The normalized spacial score (nSPS) is 19.8. The molecule has 0 unspecified atom stereocenters. The molecule has 1 aliphatic heterocycles. The molecule has 158 valence electrons. The molecule has 1 saturated heterocycles. The number of aromatic nitrogens is 4. The molecular weight excluding hydrogens is 376 g/mol. The van der Waals surface area contributed by atoms with Crippen LogP contribution in [0, 0.1) is 25.7 Å². The Morgan fingerprint density at radius 2 is 2.03 bits per heavy atom. The van der Waals surface area contributed by atoms with Gasteiger partial charge in [-0.05, 0) is 44.4 Å². The molecule has 3 aromatic rings. The first-order valence-electron chi connectivity index (χ1n) is 10.5. The molecule has 1 fully saturated rings. The summed E-state index contributed by atoms with van der Waals surface area (Å²) in [5.41, 5.74) is 4.92. The van der Waals surface area contributed by atoms with E-state index in [9.17, 15) is 0 Å². The summed E-state index contributed by atoms with van der Waals surface area (Å²) in [5, 5.41) is 13.3. The maximum atomic E-state index is 5.63. The molecule has 0 amide bonds. The molecule has 0 aromatic carbocycles. The molecular formula is C23H30N6O. The number of fused-ring (bicyclic) bond motifs is 1. The van der Waals surface area contributed by atoms with Crippen molar-refractivity contribution in [2.75, 3.05) is 37.0 Å². The molecule has 4 heterocycles. The zero-order valence-corrected chi connectivity index (χ0v) is 18.4. The Morgan fingerprint density at radius 3 is 2.77 bits per heavy atom. The highest BCUT2D eigenvalue weighted by Gasteiger charge is 2.25. The molecule has 7 heteroatoms. The lowest BCUT2D eigenvalue weighted by Gasteiger charge is -2.25. The fourth-order valence-electron chi connectivity index (χ4n) is 4.10. The number of hydrogen-bond donors (Lipinski definition) is 1. The maximum Gasteiger partial charge on any atom is 0.158 e. The zero-order chi connectivity index (χ0) is 21.3. The predicted octanol–water partition coefficient (Wildman–Crippen LogP) is 3.93. The van der Waals surface area contributed by atoms with Crippen LogP contribution in [-0.4, -0.2) is 47.0 Å².